The highest BCUT2D eigenvalue weighted by molar-refractivity contribution is 9.10. The first-order valence-corrected chi connectivity index (χ1v) is 5.73. The molecule has 0 saturated carbocycles. The summed E-state index contributed by atoms with van der Waals surface area (Å²) in [4.78, 5) is 11.9. The standard InChI is InChI=1S/C10H7BrO2S/c1-6-2-7(3-13-6)10(12)8-4-14-5-9(8)11/h2-5H,1H3. The Bertz CT molecular complexity index is 470. The van der Waals surface area contributed by atoms with E-state index in [2.05, 4.69) is 15.9 Å². The lowest BCUT2D eigenvalue weighted by atomic mass is 10.1. The lowest BCUT2D eigenvalue weighted by Gasteiger charge is -1.93. The predicted molar refractivity (Wildman–Crippen MR) is 58.9 cm³/mol. The normalized spacial score (nSPS) is 10.4. The molecule has 2 heterocycles. The molecule has 0 spiro atoms. The molecule has 14 heavy (non-hydrogen) atoms. The number of carbonyl (C=O) groups excluding carboxylic acids is 1. The molecule has 0 atom stereocenters. The highest BCUT2D eigenvalue weighted by Gasteiger charge is 2.14. The van der Waals surface area contributed by atoms with Crippen LogP contribution in [0.25, 0.3) is 0 Å². The summed E-state index contributed by atoms with van der Waals surface area (Å²) < 4.78 is 5.93. The van der Waals surface area contributed by atoms with Crippen LogP contribution < -0.4 is 0 Å². The zero-order valence-corrected chi connectivity index (χ0v) is 9.81. The van der Waals surface area contributed by atoms with Crippen molar-refractivity contribution in [2.45, 2.75) is 6.92 Å². The lowest BCUT2D eigenvalue weighted by molar-refractivity contribution is 0.103. The summed E-state index contributed by atoms with van der Waals surface area (Å²) in [5.74, 6) is 0.745. The maximum Gasteiger partial charge on any atom is 0.198 e. The molecule has 0 aromatic carbocycles. The van der Waals surface area contributed by atoms with E-state index >= 15 is 0 Å². The van der Waals surface area contributed by atoms with Crippen molar-refractivity contribution in [1.29, 1.82) is 0 Å². The van der Waals surface area contributed by atoms with Crippen molar-refractivity contribution in [2.24, 2.45) is 0 Å². The first-order valence-electron chi connectivity index (χ1n) is 4.00. The minimum atomic E-state index is -0.00465. The van der Waals surface area contributed by atoms with Crippen molar-refractivity contribution < 1.29 is 9.21 Å². The van der Waals surface area contributed by atoms with E-state index in [1.165, 1.54) is 17.6 Å². The molecular weight excluding hydrogens is 264 g/mol. The van der Waals surface area contributed by atoms with E-state index in [-0.39, 0.29) is 5.78 Å². The highest BCUT2D eigenvalue weighted by Crippen LogP contribution is 2.24. The molecule has 0 aliphatic rings. The van der Waals surface area contributed by atoms with Crippen LogP contribution in [0.15, 0.2) is 32.0 Å². The van der Waals surface area contributed by atoms with Gasteiger partial charge in [-0.05, 0) is 28.9 Å². The van der Waals surface area contributed by atoms with Gasteiger partial charge < -0.3 is 4.42 Å². The van der Waals surface area contributed by atoms with Crippen molar-refractivity contribution in [3.05, 3.63) is 44.4 Å². The summed E-state index contributed by atoms with van der Waals surface area (Å²) in [6.45, 7) is 1.82. The molecule has 0 N–H and O–H groups in total. The van der Waals surface area contributed by atoms with Crippen molar-refractivity contribution in [1.82, 2.24) is 0 Å². The Labute approximate surface area is 93.7 Å². The van der Waals surface area contributed by atoms with Gasteiger partial charge in [-0.1, -0.05) is 0 Å². The van der Waals surface area contributed by atoms with Crippen LogP contribution in [0.4, 0.5) is 0 Å². The third kappa shape index (κ3) is 1.67. The first kappa shape index (κ1) is 9.68. The number of aryl methyl sites for hydroxylation is 1. The maximum absolute atomic E-state index is 11.9. The van der Waals surface area contributed by atoms with E-state index < -0.39 is 0 Å². The van der Waals surface area contributed by atoms with E-state index in [9.17, 15) is 4.79 Å². The van der Waals surface area contributed by atoms with Crippen LogP contribution in [-0.2, 0) is 0 Å². The molecule has 0 amide bonds. The Balaban J connectivity index is 2.38. The number of furan rings is 1. The van der Waals surface area contributed by atoms with Crippen molar-refractivity contribution in [3.8, 4) is 0 Å². The van der Waals surface area contributed by atoms with Gasteiger partial charge in [0.05, 0.1) is 5.56 Å². The van der Waals surface area contributed by atoms with Crippen molar-refractivity contribution in [3.63, 3.8) is 0 Å². The number of hydrogen-bond acceptors (Lipinski definition) is 3. The summed E-state index contributed by atoms with van der Waals surface area (Å²) in [5, 5.41) is 3.72. The minimum Gasteiger partial charge on any atom is -0.469 e. The summed E-state index contributed by atoms with van der Waals surface area (Å²) >= 11 is 4.83. The summed E-state index contributed by atoms with van der Waals surface area (Å²) in [7, 11) is 0. The van der Waals surface area contributed by atoms with E-state index in [1.807, 2.05) is 17.7 Å². The molecule has 2 rings (SSSR count). The van der Waals surface area contributed by atoms with Crippen LogP contribution in [0.2, 0.25) is 0 Å². The molecule has 0 fully saturated rings. The molecule has 0 aliphatic carbocycles. The van der Waals surface area contributed by atoms with Crippen LogP contribution in [0.3, 0.4) is 0 Å². The second-order valence-corrected chi connectivity index (χ2v) is 4.51. The van der Waals surface area contributed by atoms with Gasteiger partial charge in [-0.2, -0.15) is 11.3 Å². The van der Waals surface area contributed by atoms with E-state index in [0.29, 0.717) is 11.1 Å². The van der Waals surface area contributed by atoms with Crippen molar-refractivity contribution >= 4 is 33.0 Å². The third-order valence-electron chi connectivity index (χ3n) is 1.85. The van der Waals surface area contributed by atoms with Gasteiger partial charge in [0.25, 0.3) is 0 Å². The molecule has 0 aliphatic heterocycles. The van der Waals surface area contributed by atoms with Gasteiger partial charge >= 0.3 is 0 Å². The summed E-state index contributed by atoms with van der Waals surface area (Å²) in [6, 6.07) is 1.74. The summed E-state index contributed by atoms with van der Waals surface area (Å²) in [5.41, 5.74) is 1.29. The monoisotopic (exact) mass is 270 g/mol. The number of halogens is 1. The molecule has 2 aromatic rings. The number of thiophene rings is 1. The topological polar surface area (TPSA) is 30.2 Å². The fraction of sp³-hybridized carbons (Fsp3) is 0.100. The van der Waals surface area contributed by atoms with Gasteiger partial charge in [-0.3, -0.25) is 4.79 Å². The molecular formula is C10H7BrO2S. The fourth-order valence-electron chi connectivity index (χ4n) is 1.16. The zero-order chi connectivity index (χ0) is 10.1. The maximum atomic E-state index is 11.9. The number of carbonyl (C=O) groups is 1. The summed E-state index contributed by atoms with van der Waals surface area (Å²) in [6.07, 6.45) is 1.49. The molecule has 0 unspecified atom stereocenters. The van der Waals surface area contributed by atoms with Gasteiger partial charge in [-0.15, -0.1) is 0 Å². The second kappa shape index (κ2) is 3.71. The average molecular weight is 271 g/mol. The molecule has 0 radical (unpaired) electrons. The van der Waals surface area contributed by atoms with Gasteiger partial charge in [-0.25, -0.2) is 0 Å². The Hall–Kier alpha value is -0.870. The number of rotatable bonds is 2. The number of hydrogen-bond donors (Lipinski definition) is 0. The SMILES string of the molecule is Cc1cc(C(=O)c2cscc2Br)co1. The Kier molecular flexibility index (Phi) is 2.56. The minimum absolute atomic E-state index is 0.00465. The Morgan fingerprint density at radius 2 is 2.29 bits per heavy atom. The Morgan fingerprint density at radius 1 is 1.50 bits per heavy atom. The molecule has 0 saturated heterocycles. The lowest BCUT2D eigenvalue weighted by Crippen LogP contribution is -1.97. The zero-order valence-electron chi connectivity index (χ0n) is 7.41. The largest absolute Gasteiger partial charge is 0.469 e. The van der Waals surface area contributed by atoms with Crippen LogP contribution in [-0.4, -0.2) is 5.78 Å². The van der Waals surface area contributed by atoms with Gasteiger partial charge in [0.1, 0.15) is 12.0 Å². The first-order chi connectivity index (χ1) is 6.68. The van der Waals surface area contributed by atoms with Crippen LogP contribution in [0.5, 0.6) is 0 Å². The quantitative estimate of drug-likeness (QED) is 0.780. The molecule has 2 aromatic heterocycles. The van der Waals surface area contributed by atoms with E-state index in [4.69, 9.17) is 4.42 Å². The van der Waals surface area contributed by atoms with Crippen LogP contribution >= 0.6 is 27.3 Å². The predicted octanol–water partition coefficient (Wildman–Crippen LogP) is 3.64. The second-order valence-electron chi connectivity index (χ2n) is 2.91. The van der Waals surface area contributed by atoms with E-state index in [0.717, 1.165) is 10.2 Å². The third-order valence-corrected chi connectivity index (χ3v) is 3.55. The molecule has 4 heteroatoms. The average Bonchev–Trinajstić information content (AvgIpc) is 2.73. The molecule has 0 bridgehead atoms. The van der Waals surface area contributed by atoms with E-state index in [1.54, 1.807) is 6.07 Å². The smallest absolute Gasteiger partial charge is 0.198 e. The highest BCUT2D eigenvalue weighted by atomic mass is 79.9. The van der Waals surface area contributed by atoms with Gasteiger partial charge in [0.2, 0.25) is 0 Å². The number of ketones is 1. The Morgan fingerprint density at radius 3 is 2.79 bits per heavy atom. The van der Waals surface area contributed by atoms with Gasteiger partial charge in [0, 0.05) is 20.8 Å². The molecule has 2 nitrogen and oxygen atoms in total. The van der Waals surface area contributed by atoms with Gasteiger partial charge in [0.15, 0.2) is 5.78 Å². The van der Waals surface area contributed by atoms with Crippen LogP contribution in [0.1, 0.15) is 21.7 Å². The van der Waals surface area contributed by atoms with Crippen molar-refractivity contribution in [2.75, 3.05) is 0 Å². The fourth-order valence-corrected chi connectivity index (χ4v) is 2.62. The molecule has 72 valence electrons. The van der Waals surface area contributed by atoms with Crippen LogP contribution in [0, 0.1) is 6.92 Å².